The van der Waals surface area contributed by atoms with E-state index in [1.54, 1.807) is 13.2 Å². The molecule has 1 aliphatic heterocycles. The van der Waals surface area contributed by atoms with Crippen molar-refractivity contribution in [2.45, 2.75) is 19.5 Å². The second-order valence-electron chi connectivity index (χ2n) is 7.56. The molecule has 32 heavy (non-hydrogen) atoms. The number of carboxylic acid groups (broad SMARTS) is 1. The van der Waals surface area contributed by atoms with E-state index in [1.807, 2.05) is 36.1 Å². The number of hydrogen-bond acceptors (Lipinski definition) is 6. The Morgan fingerprint density at radius 1 is 1.22 bits per heavy atom. The second kappa shape index (κ2) is 8.84. The van der Waals surface area contributed by atoms with Crippen LogP contribution in [0.2, 0.25) is 10.2 Å². The number of ether oxygens (including phenoxy) is 1. The molecule has 1 atom stereocenters. The SMILES string of the molecule is COc1ccc(Cn2c(=O)nc(N3CCN(C(=O)O)CC3C)c3cc(Cl)c(Cl)nc32)cc1. The normalized spacial score (nSPS) is 16.4. The van der Waals surface area contributed by atoms with Crippen molar-refractivity contribution in [3.05, 3.63) is 56.6 Å². The maximum atomic E-state index is 13.1. The summed E-state index contributed by atoms with van der Waals surface area (Å²) >= 11 is 12.5. The van der Waals surface area contributed by atoms with Crippen LogP contribution in [0, 0.1) is 0 Å². The van der Waals surface area contributed by atoms with Crippen LogP contribution < -0.4 is 15.3 Å². The Hall–Kier alpha value is -3.04. The summed E-state index contributed by atoms with van der Waals surface area (Å²) in [5.41, 5.74) is 0.736. The number of anilines is 1. The minimum absolute atomic E-state index is 0.0861. The van der Waals surface area contributed by atoms with E-state index in [0.717, 1.165) is 5.56 Å². The number of pyridine rings is 1. The van der Waals surface area contributed by atoms with Crippen LogP contribution in [0.25, 0.3) is 11.0 Å². The molecule has 1 fully saturated rings. The first kappa shape index (κ1) is 22.2. The Balaban J connectivity index is 1.80. The third-order valence-corrected chi connectivity index (χ3v) is 6.18. The Bertz CT molecular complexity index is 1230. The Morgan fingerprint density at radius 3 is 2.56 bits per heavy atom. The van der Waals surface area contributed by atoms with Crippen LogP contribution >= 0.6 is 23.2 Å². The van der Waals surface area contributed by atoms with Crippen molar-refractivity contribution in [1.82, 2.24) is 19.4 Å². The molecule has 0 bridgehead atoms. The number of carbonyl (C=O) groups is 1. The summed E-state index contributed by atoms with van der Waals surface area (Å²) in [4.78, 5) is 36.4. The smallest absolute Gasteiger partial charge is 0.407 e. The molecule has 168 valence electrons. The number of methoxy groups -OCH3 is 1. The highest BCUT2D eigenvalue weighted by molar-refractivity contribution is 6.41. The lowest BCUT2D eigenvalue weighted by molar-refractivity contribution is 0.136. The summed E-state index contributed by atoms with van der Waals surface area (Å²) < 4.78 is 6.63. The molecule has 9 nitrogen and oxygen atoms in total. The molecule has 3 aromatic rings. The molecule has 0 saturated carbocycles. The van der Waals surface area contributed by atoms with Gasteiger partial charge in [0.15, 0.2) is 0 Å². The molecular formula is C21H21Cl2N5O4. The van der Waals surface area contributed by atoms with Gasteiger partial charge < -0.3 is 19.6 Å². The van der Waals surface area contributed by atoms with E-state index in [-0.39, 0.29) is 22.8 Å². The van der Waals surface area contributed by atoms with Gasteiger partial charge in [-0.05, 0) is 30.7 Å². The predicted octanol–water partition coefficient (Wildman–Crippen LogP) is 3.34. The molecule has 1 aliphatic rings. The first-order valence-electron chi connectivity index (χ1n) is 9.92. The molecule has 1 N–H and O–H groups in total. The van der Waals surface area contributed by atoms with Gasteiger partial charge in [0.05, 0.1) is 24.1 Å². The second-order valence-corrected chi connectivity index (χ2v) is 8.32. The standard InChI is InChI=1S/C21H21Cl2N5O4/c1-12-10-26(21(30)31)7-8-27(12)19-15-9-16(22)17(23)24-18(15)28(20(29)25-19)11-13-3-5-14(32-2)6-4-13/h3-6,9,12H,7-8,10-11H2,1-2H3,(H,30,31). The Labute approximate surface area is 193 Å². The summed E-state index contributed by atoms with van der Waals surface area (Å²) in [7, 11) is 1.59. The Morgan fingerprint density at radius 2 is 1.94 bits per heavy atom. The van der Waals surface area contributed by atoms with Crippen LogP contribution in [0.5, 0.6) is 5.75 Å². The number of amides is 1. The number of aromatic nitrogens is 3. The zero-order valence-electron chi connectivity index (χ0n) is 17.5. The zero-order chi connectivity index (χ0) is 23.0. The minimum Gasteiger partial charge on any atom is -0.497 e. The zero-order valence-corrected chi connectivity index (χ0v) is 19.0. The molecule has 11 heteroatoms. The van der Waals surface area contributed by atoms with E-state index in [2.05, 4.69) is 9.97 Å². The highest BCUT2D eigenvalue weighted by atomic mass is 35.5. The molecule has 4 rings (SSSR count). The average Bonchev–Trinajstić information content (AvgIpc) is 2.77. The largest absolute Gasteiger partial charge is 0.497 e. The molecule has 1 unspecified atom stereocenters. The fourth-order valence-corrected chi connectivity index (χ4v) is 4.14. The van der Waals surface area contributed by atoms with Gasteiger partial charge in [-0.25, -0.2) is 14.6 Å². The third kappa shape index (κ3) is 4.18. The molecule has 3 heterocycles. The van der Waals surface area contributed by atoms with Crippen molar-refractivity contribution >= 4 is 46.1 Å². The van der Waals surface area contributed by atoms with Crippen molar-refractivity contribution in [2.24, 2.45) is 0 Å². The summed E-state index contributed by atoms with van der Waals surface area (Å²) in [6.45, 7) is 3.10. The van der Waals surface area contributed by atoms with Gasteiger partial charge in [-0.15, -0.1) is 0 Å². The van der Waals surface area contributed by atoms with E-state index < -0.39 is 11.8 Å². The average molecular weight is 478 g/mol. The monoisotopic (exact) mass is 477 g/mol. The van der Waals surface area contributed by atoms with E-state index in [1.165, 1.54) is 9.47 Å². The van der Waals surface area contributed by atoms with Gasteiger partial charge in [-0.1, -0.05) is 35.3 Å². The number of piperazine rings is 1. The molecular weight excluding hydrogens is 457 g/mol. The molecule has 1 saturated heterocycles. The van der Waals surface area contributed by atoms with Crippen LogP contribution in [0.4, 0.5) is 10.6 Å². The summed E-state index contributed by atoms with van der Waals surface area (Å²) in [6, 6.07) is 8.79. The highest BCUT2D eigenvalue weighted by Crippen LogP contribution is 2.31. The lowest BCUT2D eigenvalue weighted by Crippen LogP contribution is -2.54. The lowest BCUT2D eigenvalue weighted by Gasteiger charge is -2.39. The van der Waals surface area contributed by atoms with Crippen molar-refractivity contribution in [1.29, 1.82) is 0 Å². The van der Waals surface area contributed by atoms with Crippen molar-refractivity contribution in [2.75, 3.05) is 31.6 Å². The molecule has 0 radical (unpaired) electrons. The highest BCUT2D eigenvalue weighted by Gasteiger charge is 2.29. The van der Waals surface area contributed by atoms with Crippen LogP contribution in [-0.4, -0.2) is 63.4 Å². The molecule has 1 amide bonds. The first-order chi connectivity index (χ1) is 15.3. The van der Waals surface area contributed by atoms with Crippen LogP contribution in [0.3, 0.4) is 0 Å². The van der Waals surface area contributed by atoms with Gasteiger partial charge in [-0.2, -0.15) is 4.98 Å². The van der Waals surface area contributed by atoms with Gasteiger partial charge in [0.1, 0.15) is 22.4 Å². The number of benzene rings is 1. The maximum Gasteiger partial charge on any atom is 0.407 e. The maximum absolute atomic E-state index is 13.1. The van der Waals surface area contributed by atoms with Gasteiger partial charge in [-0.3, -0.25) is 4.57 Å². The topological polar surface area (TPSA) is 101 Å². The fraction of sp³-hybridized carbons (Fsp3) is 0.333. The number of nitrogens with zero attached hydrogens (tertiary/aromatic N) is 5. The van der Waals surface area contributed by atoms with E-state index in [0.29, 0.717) is 42.2 Å². The lowest BCUT2D eigenvalue weighted by atomic mass is 10.1. The fourth-order valence-electron chi connectivity index (χ4n) is 3.85. The molecule has 2 aromatic heterocycles. The number of fused-ring (bicyclic) bond motifs is 1. The predicted molar refractivity (Wildman–Crippen MR) is 122 cm³/mol. The minimum atomic E-state index is -0.972. The Kier molecular flexibility index (Phi) is 6.12. The van der Waals surface area contributed by atoms with E-state index in [4.69, 9.17) is 27.9 Å². The van der Waals surface area contributed by atoms with Crippen molar-refractivity contribution in [3.8, 4) is 5.75 Å². The number of hydrogen-bond donors (Lipinski definition) is 1. The third-order valence-electron chi connectivity index (χ3n) is 5.51. The van der Waals surface area contributed by atoms with Gasteiger partial charge in [0.25, 0.3) is 0 Å². The molecule has 0 spiro atoms. The quantitative estimate of drug-likeness (QED) is 0.574. The number of rotatable bonds is 4. The number of halogens is 2. The summed E-state index contributed by atoms with van der Waals surface area (Å²) in [5.74, 6) is 1.13. The van der Waals surface area contributed by atoms with E-state index in [9.17, 15) is 14.7 Å². The first-order valence-corrected chi connectivity index (χ1v) is 10.7. The van der Waals surface area contributed by atoms with Crippen molar-refractivity contribution in [3.63, 3.8) is 0 Å². The van der Waals surface area contributed by atoms with Gasteiger partial charge in [0, 0.05) is 25.7 Å². The van der Waals surface area contributed by atoms with Gasteiger partial charge >= 0.3 is 11.8 Å². The van der Waals surface area contributed by atoms with Crippen molar-refractivity contribution < 1.29 is 14.6 Å². The summed E-state index contributed by atoms with van der Waals surface area (Å²) in [5, 5.41) is 10.2. The molecule has 0 aliphatic carbocycles. The van der Waals surface area contributed by atoms with Crippen LogP contribution in [0.1, 0.15) is 12.5 Å². The van der Waals surface area contributed by atoms with Crippen LogP contribution in [-0.2, 0) is 6.54 Å². The van der Waals surface area contributed by atoms with Gasteiger partial charge in [0.2, 0.25) is 0 Å². The molecule has 1 aromatic carbocycles. The summed E-state index contributed by atoms with van der Waals surface area (Å²) in [6.07, 6.45) is -0.972. The van der Waals surface area contributed by atoms with Crippen LogP contribution in [0.15, 0.2) is 35.1 Å². The van der Waals surface area contributed by atoms with E-state index >= 15 is 0 Å².